The van der Waals surface area contributed by atoms with Crippen molar-refractivity contribution in [2.75, 3.05) is 11.9 Å². The Labute approximate surface area is 178 Å². The number of amides is 1. The molecular formula is C24H23F2N3O2. The molecular weight excluding hydrogens is 400 g/mol. The summed E-state index contributed by atoms with van der Waals surface area (Å²) >= 11 is 0. The molecule has 1 fully saturated rings. The number of rotatable bonds is 4. The van der Waals surface area contributed by atoms with Crippen LogP contribution < -0.4 is 10.1 Å². The van der Waals surface area contributed by atoms with Gasteiger partial charge in [0.2, 0.25) is 5.91 Å². The Morgan fingerprint density at radius 2 is 1.90 bits per heavy atom. The third-order valence-corrected chi connectivity index (χ3v) is 6.55. The number of nitrogens with one attached hydrogen (secondary N) is 2. The molecule has 2 aromatic carbocycles. The molecule has 2 heterocycles. The van der Waals surface area contributed by atoms with Gasteiger partial charge in [0.05, 0.1) is 12.3 Å². The predicted molar refractivity (Wildman–Crippen MR) is 113 cm³/mol. The van der Waals surface area contributed by atoms with E-state index < -0.39 is 11.6 Å². The van der Waals surface area contributed by atoms with Crippen molar-refractivity contribution in [2.45, 2.75) is 39.0 Å². The summed E-state index contributed by atoms with van der Waals surface area (Å²) in [6.07, 6.45) is 2.03. The zero-order chi connectivity index (χ0) is 21.8. The van der Waals surface area contributed by atoms with Crippen LogP contribution in [0.15, 0.2) is 36.4 Å². The number of H-pyrrole nitrogens is 1. The summed E-state index contributed by atoms with van der Waals surface area (Å²) in [7, 11) is 0. The maximum Gasteiger partial charge on any atom is 0.225 e. The molecule has 5 nitrogen and oxygen atoms in total. The molecule has 160 valence electrons. The Morgan fingerprint density at radius 1 is 1.19 bits per heavy atom. The number of fused-ring (bicyclic) bond motifs is 1. The second-order valence-electron chi connectivity index (χ2n) is 8.65. The lowest BCUT2D eigenvalue weighted by Gasteiger charge is -2.33. The Kier molecular flexibility index (Phi) is 4.57. The van der Waals surface area contributed by atoms with Crippen LogP contribution >= 0.6 is 0 Å². The second kappa shape index (κ2) is 7.18. The zero-order valence-corrected chi connectivity index (χ0v) is 17.4. The smallest absolute Gasteiger partial charge is 0.225 e. The number of carbonyl (C=O) groups is 1. The average Bonchev–Trinajstić information content (AvgIpc) is 3.44. The van der Waals surface area contributed by atoms with Crippen molar-refractivity contribution in [3.05, 3.63) is 65.0 Å². The highest BCUT2D eigenvalue weighted by atomic mass is 19.2. The highest BCUT2D eigenvalue weighted by Crippen LogP contribution is 2.61. The van der Waals surface area contributed by atoms with E-state index in [0.717, 1.165) is 41.4 Å². The standard InChI is InChI=1S/C24H23F2N3O2/c1-13-23(14(2)29-28-13)15-3-5-16(6-4-15)27-22(30)10-18-17-9-19(25)20(26)11-21(17)31-12-24(18)7-8-24/h3-6,9,11,18H,7-8,10,12H2,1-2H3,(H,27,30)(H,28,29). The van der Waals surface area contributed by atoms with Crippen LogP contribution in [0.1, 0.15) is 42.1 Å². The summed E-state index contributed by atoms with van der Waals surface area (Å²) in [5.41, 5.74) is 5.11. The van der Waals surface area contributed by atoms with Gasteiger partial charge in [-0.15, -0.1) is 0 Å². The number of nitrogens with zero attached hydrogens (tertiary/aromatic N) is 1. The van der Waals surface area contributed by atoms with Crippen LogP contribution in [0, 0.1) is 30.9 Å². The van der Waals surface area contributed by atoms with Gasteiger partial charge in [-0.2, -0.15) is 5.10 Å². The molecule has 2 N–H and O–H groups in total. The van der Waals surface area contributed by atoms with Crippen molar-refractivity contribution >= 4 is 11.6 Å². The first-order valence-electron chi connectivity index (χ1n) is 10.4. The van der Waals surface area contributed by atoms with Gasteiger partial charge in [-0.1, -0.05) is 12.1 Å². The van der Waals surface area contributed by atoms with E-state index in [1.54, 1.807) is 0 Å². The van der Waals surface area contributed by atoms with Crippen molar-refractivity contribution < 1.29 is 18.3 Å². The molecule has 1 spiro atoms. The maximum absolute atomic E-state index is 13.9. The first-order valence-corrected chi connectivity index (χ1v) is 10.4. The quantitative estimate of drug-likeness (QED) is 0.602. The number of halogens is 2. The number of hydrogen-bond donors (Lipinski definition) is 2. The Bertz CT molecular complexity index is 1150. The molecule has 1 atom stereocenters. The number of aryl methyl sites for hydroxylation is 2. The molecule has 5 rings (SSSR count). The Hall–Kier alpha value is -3.22. The number of hydrogen-bond acceptors (Lipinski definition) is 3. The molecule has 31 heavy (non-hydrogen) atoms. The topological polar surface area (TPSA) is 67.0 Å². The second-order valence-corrected chi connectivity index (χ2v) is 8.65. The van der Waals surface area contributed by atoms with Crippen LogP contribution in [-0.2, 0) is 4.79 Å². The van der Waals surface area contributed by atoms with Gasteiger partial charge in [0.15, 0.2) is 11.6 Å². The van der Waals surface area contributed by atoms with E-state index in [9.17, 15) is 13.6 Å². The van der Waals surface area contributed by atoms with Gasteiger partial charge < -0.3 is 10.1 Å². The molecule has 1 aliphatic carbocycles. The van der Waals surface area contributed by atoms with Gasteiger partial charge in [-0.3, -0.25) is 9.89 Å². The van der Waals surface area contributed by atoms with Gasteiger partial charge >= 0.3 is 0 Å². The third-order valence-electron chi connectivity index (χ3n) is 6.55. The lowest BCUT2D eigenvalue weighted by Crippen LogP contribution is -2.31. The van der Waals surface area contributed by atoms with Crippen LogP contribution in [0.25, 0.3) is 11.1 Å². The van der Waals surface area contributed by atoms with Crippen molar-refractivity contribution in [1.29, 1.82) is 0 Å². The maximum atomic E-state index is 13.9. The van der Waals surface area contributed by atoms with Gasteiger partial charge in [0.1, 0.15) is 5.75 Å². The van der Waals surface area contributed by atoms with Crippen molar-refractivity contribution in [2.24, 2.45) is 5.41 Å². The molecule has 1 saturated carbocycles. The number of aromatic nitrogens is 2. The van der Waals surface area contributed by atoms with E-state index in [2.05, 4.69) is 15.5 Å². The van der Waals surface area contributed by atoms with Crippen LogP contribution in [0.3, 0.4) is 0 Å². The summed E-state index contributed by atoms with van der Waals surface area (Å²) in [5, 5.41) is 10.1. The molecule has 2 aliphatic rings. The monoisotopic (exact) mass is 423 g/mol. The highest BCUT2D eigenvalue weighted by Gasteiger charge is 2.54. The molecule has 3 aromatic rings. The first kappa shape index (κ1) is 19.7. The normalized spacial score (nSPS) is 18.4. The number of benzene rings is 2. The Balaban J connectivity index is 1.34. The largest absolute Gasteiger partial charge is 0.493 e. The van der Waals surface area contributed by atoms with Crippen molar-refractivity contribution in [3.63, 3.8) is 0 Å². The highest BCUT2D eigenvalue weighted by molar-refractivity contribution is 5.91. The number of aromatic amines is 1. The molecule has 1 aliphatic heterocycles. The fraction of sp³-hybridized carbons (Fsp3) is 0.333. The Morgan fingerprint density at radius 3 is 2.55 bits per heavy atom. The van der Waals surface area contributed by atoms with Crippen LogP contribution in [-0.4, -0.2) is 22.7 Å². The van der Waals surface area contributed by atoms with Crippen molar-refractivity contribution in [3.8, 4) is 16.9 Å². The summed E-state index contributed by atoms with van der Waals surface area (Å²) in [4.78, 5) is 12.8. The fourth-order valence-corrected chi connectivity index (χ4v) is 4.67. The van der Waals surface area contributed by atoms with Gasteiger partial charge in [-0.05, 0) is 50.5 Å². The number of anilines is 1. The molecule has 0 bridgehead atoms. The fourth-order valence-electron chi connectivity index (χ4n) is 4.67. The van der Waals surface area contributed by atoms with E-state index in [1.807, 2.05) is 38.1 Å². The summed E-state index contributed by atoms with van der Waals surface area (Å²) in [6, 6.07) is 9.89. The third kappa shape index (κ3) is 3.48. The van der Waals surface area contributed by atoms with Gasteiger partial charge in [-0.25, -0.2) is 8.78 Å². The average molecular weight is 423 g/mol. The van der Waals surface area contributed by atoms with Crippen LogP contribution in [0.4, 0.5) is 14.5 Å². The number of carbonyl (C=O) groups excluding carboxylic acids is 1. The SMILES string of the molecule is Cc1n[nH]c(C)c1-c1ccc(NC(=O)CC2c3cc(F)c(F)cc3OCC23CC3)cc1. The molecule has 1 unspecified atom stereocenters. The first-order chi connectivity index (χ1) is 14.9. The molecule has 0 radical (unpaired) electrons. The van der Waals surface area contributed by atoms with E-state index in [0.29, 0.717) is 23.6 Å². The van der Waals surface area contributed by atoms with E-state index in [-0.39, 0.29) is 23.7 Å². The molecule has 1 amide bonds. The summed E-state index contributed by atoms with van der Waals surface area (Å²) in [6.45, 7) is 4.35. The van der Waals surface area contributed by atoms with Gasteiger partial charge in [0.25, 0.3) is 0 Å². The summed E-state index contributed by atoms with van der Waals surface area (Å²) < 4.78 is 33.2. The summed E-state index contributed by atoms with van der Waals surface area (Å²) in [5.74, 6) is -1.86. The van der Waals surface area contributed by atoms with Crippen LogP contribution in [0.2, 0.25) is 0 Å². The minimum Gasteiger partial charge on any atom is -0.493 e. The van der Waals surface area contributed by atoms with E-state index in [4.69, 9.17) is 4.74 Å². The predicted octanol–water partition coefficient (Wildman–Crippen LogP) is 5.26. The molecule has 0 saturated heterocycles. The number of ether oxygens (including phenoxy) is 1. The minimum atomic E-state index is -0.933. The zero-order valence-electron chi connectivity index (χ0n) is 17.4. The van der Waals surface area contributed by atoms with Crippen molar-refractivity contribution in [1.82, 2.24) is 10.2 Å². The van der Waals surface area contributed by atoms with Gasteiger partial charge in [0, 0.05) is 46.3 Å². The van der Waals surface area contributed by atoms with E-state index >= 15 is 0 Å². The van der Waals surface area contributed by atoms with E-state index in [1.165, 1.54) is 6.07 Å². The molecule has 7 heteroatoms. The minimum absolute atomic E-state index is 0.155. The lowest BCUT2D eigenvalue weighted by molar-refractivity contribution is -0.117. The lowest BCUT2D eigenvalue weighted by atomic mass is 9.79. The van der Waals surface area contributed by atoms with Crippen LogP contribution in [0.5, 0.6) is 5.75 Å². The molecule has 1 aromatic heterocycles.